The van der Waals surface area contributed by atoms with Crippen molar-refractivity contribution >= 4 is 39.8 Å². The molecule has 5 aromatic rings. The summed E-state index contributed by atoms with van der Waals surface area (Å²) in [5.74, 6) is -0.982. The van der Waals surface area contributed by atoms with Crippen molar-refractivity contribution in [2.24, 2.45) is 0 Å². The predicted molar refractivity (Wildman–Crippen MR) is 169 cm³/mol. The number of aromatic nitrogens is 3. The molecular formula is C33H35N3O12. The van der Waals surface area contributed by atoms with Crippen LogP contribution in [0.25, 0.3) is 22.1 Å². The van der Waals surface area contributed by atoms with Crippen molar-refractivity contribution in [1.82, 2.24) is 15.0 Å². The normalized spacial score (nSPS) is 11.5. The van der Waals surface area contributed by atoms with E-state index in [1.165, 1.54) is 12.4 Å². The number of Topliss-reactive ketones (excluding diaryl/α,β-unsaturated/α-hetero) is 1. The molecule has 0 atom stereocenters. The first-order valence-electron chi connectivity index (χ1n) is 15.0. The summed E-state index contributed by atoms with van der Waals surface area (Å²) < 4.78 is 35.8. The molecule has 0 bridgehead atoms. The largest absolute Gasteiger partial charge is 0.504 e. The summed E-state index contributed by atoms with van der Waals surface area (Å²) in [5.41, 5.74) is 2.46. The van der Waals surface area contributed by atoms with E-state index in [1.807, 2.05) is 20.8 Å². The van der Waals surface area contributed by atoms with E-state index in [2.05, 4.69) is 15.0 Å². The molecule has 254 valence electrons. The SMILES string of the molecule is CCOC(=O)c1oc2cnccc2c1O.CCOC(=O)c1oc2nc(C)cc(OCC)c2c1O.CCOc1cc(C)nc2c1C(=O)CO2. The standard InChI is InChI=1S/C13H15NO5.C10H9NO4.C10H11NO3/c1-4-17-8-6-7(3)14-12-9(8)10(15)11(19-12)13(16)18-5-2;1-2-14-10(13)9-8(12)6-3-4-11-5-7(6)15-9;1-3-13-8-4-6(2)11-10-9(8)7(12)5-14-10/h6,15H,4-5H2,1-3H3;3-5,12H,2H2,1H3;4H,3,5H2,1-2H3. The maximum Gasteiger partial charge on any atom is 0.378 e. The average Bonchev–Trinajstić information content (AvgIpc) is 3.71. The highest BCUT2D eigenvalue weighted by atomic mass is 16.6. The third kappa shape index (κ3) is 7.57. The highest BCUT2D eigenvalue weighted by Crippen LogP contribution is 2.38. The molecule has 0 unspecified atom stereocenters. The van der Waals surface area contributed by atoms with Gasteiger partial charge >= 0.3 is 11.9 Å². The van der Waals surface area contributed by atoms with E-state index in [1.54, 1.807) is 39.0 Å². The number of aryl methyl sites for hydroxylation is 2. The molecule has 2 N–H and O–H groups in total. The Kier molecular flexibility index (Phi) is 11.4. The van der Waals surface area contributed by atoms with Gasteiger partial charge in [-0.2, -0.15) is 0 Å². The molecule has 0 aliphatic carbocycles. The van der Waals surface area contributed by atoms with Crippen molar-refractivity contribution < 1.29 is 57.1 Å². The second-order valence-electron chi connectivity index (χ2n) is 9.83. The topological polar surface area (TPSA) is 203 Å². The summed E-state index contributed by atoms with van der Waals surface area (Å²) in [5, 5.41) is 20.5. The van der Waals surface area contributed by atoms with E-state index in [-0.39, 0.29) is 59.7 Å². The summed E-state index contributed by atoms with van der Waals surface area (Å²) in [6, 6.07) is 5.00. The summed E-state index contributed by atoms with van der Waals surface area (Å²) in [7, 11) is 0. The molecule has 0 spiro atoms. The number of nitrogens with zero attached hydrogens (tertiary/aromatic N) is 3. The number of ketones is 1. The number of hydrogen-bond acceptors (Lipinski definition) is 15. The average molecular weight is 666 g/mol. The van der Waals surface area contributed by atoms with E-state index in [4.69, 9.17) is 32.5 Å². The van der Waals surface area contributed by atoms with Crippen LogP contribution in [0.3, 0.4) is 0 Å². The molecule has 5 aromatic heterocycles. The minimum absolute atomic E-state index is 0.0593. The Morgan fingerprint density at radius 3 is 2.06 bits per heavy atom. The number of rotatable bonds is 8. The lowest BCUT2D eigenvalue weighted by Gasteiger charge is -2.06. The third-order valence-corrected chi connectivity index (χ3v) is 6.41. The highest BCUT2D eigenvalue weighted by Gasteiger charge is 2.28. The maximum absolute atomic E-state index is 11.6. The minimum atomic E-state index is -0.724. The van der Waals surface area contributed by atoms with Crippen LogP contribution < -0.4 is 14.2 Å². The Labute approximate surface area is 274 Å². The van der Waals surface area contributed by atoms with Crippen LogP contribution in [0.2, 0.25) is 0 Å². The van der Waals surface area contributed by atoms with E-state index in [0.29, 0.717) is 52.8 Å². The van der Waals surface area contributed by atoms with E-state index >= 15 is 0 Å². The van der Waals surface area contributed by atoms with Gasteiger partial charge in [-0.1, -0.05) is 0 Å². The van der Waals surface area contributed by atoms with Crippen LogP contribution in [0.5, 0.6) is 28.9 Å². The second kappa shape index (κ2) is 15.6. The molecule has 1 aliphatic rings. The smallest absolute Gasteiger partial charge is 0.378 e. The van der Waals surface area contributed by atoms with Crippen LogP contribution in [-0.2, 0) is 9.47 Å². The number of ether oxygens (including phenoxy) is 5. The van der Waals surface area contributed by atoms with Gasteiger partial charge in [0.1, 0.15) is 22.4 Å². The first-order valence-corrected chi connectivity index (χ1v) is 15.0. The van der Waals surface area contributed by atoms with Gasteiger partial charge in [0.25, 0.3) is 11.5 Å². The summed E-state index contributed by atoms with van der Waals surface area (Å²) >= 11 is 0. The van der Waals surface area contributed by atoms with Crippen molar-refractivity contribution in [3.63, 3.8) is 0 Å². The number of carbonyl (C=O) groups excluding carboxylic acids is 3. The van der Waals surface area contributed by atoms with Gasteiger partial charge in [0.05, 0.1) is 38.0 Å². The molecule has 0 amide bonds. The van der Waals surface area contributed by atoms with Crippen LogP contribution in [0.4, 0.5) is 0 Å². The van der Waals surface area contributed by atoms with Crippen molar-refractivity contribution in [3.8, 4) is 28.9 Å². The number of esters is 2. The predicted octanol–water partition coefficient (Wildman–Crippen LogP) is 5.49. The Hall–Kier alpha value is -5.86. The Morgan fingerprint density at radius 2 is 1.44 bits per heavy atom. The Bertz CT molecular complexity index is 1950. The molecule has 0 radical (unpaired) electrons. The van der Waals surface area contributed by atoms with Gasteiger partial charge in [0, 0.05) is 29.7 Å². The van der Waals surface area contributed by atoms with Crippen LogP contribution in [0.1, 0.15) is 70.6 Å². The Balaban J connectivity index is 0.000000165. The third-order valence-electron chi connectivity index (χ3n) is 6.41. The van der Waals surface area contributed by atoms with Crippen LogP contribution >= 0.6 is 0 Å². The molecule has 0 aromatic carbocycles. The Morgan fingerprint density at radius 1 is 0.833 bits per heavy atom. The molecule has 48 heavy (non-hydrogen) atoms. The van der Waals surface area contributed by atoms with Gasteiger partial charge in [-0.3, -0.25) is 9.78 Å². The quantitative estimate of drug-likeness (QED) is 0.197. The zero-order valence-corrected chi connectivity index (χ0v) is 27.2. The highest BCUT2D eigenvalue weighted by molar-refractivity contribution is 6.04. The number of hydrogen-bond donors (Lipinski definition) is 2. The fourth-order valence-electron chi connectivity index (χ4n) is 4.50. The van der Waals surface area contributed by atoms with Gasteiger partial charge < -0.3 is 42.7 Å². The molecule has 0 fully saturated rings. The zero-order chi connectivity index (χ0) is 35.0. The van der Waals surface area contributed by atoms with Crippen molar-refractivity contribution in [2.75, 3.05) is 33.0 Å². The number of furan rings is 2. The summed E-state index contributed by atoms with van der Waals surface area (Å²) in [6.45, 7) is 12.1. The van der Waals surface area contributed by atoms with Gasteiger partial charge in [0.2, 0.25) is 17.4 Å². The zero-order valence-electron chi connectivity index (χ0n) is 27.2. The molecule has 1 aliphatic heterocycles. The van der Waals surface area contributed by atoms with E-state index < -0.39 is 11.9 Å². The number of carbonyl (C=O) groups is 3. The van der Waals surface area contributed by atoms with Crippen LogP contribution in [0, 0.1) is 13.8 Å². The first-order chi connectivity index (χ1) is 23.0. The lowest BCUT2D eigenvalue weighted by molar-refractivity contribution is 0.0479. The lowest BCUT2D eigenvalue weighted by atomic mass is 10.2. The van der Waals surface area contributed by atoms with Gasteiger partial charge in [0.15, 0.2) is 23.7 Å². The number of pyridine rings is 3. The fourth-order valence-corrected chi connectivity index (χ4v) is 4.50. The minimum Gasteiger partial charge on any atom is -0.504 e. The monoisotopic (exact) mass is 665 g/mol. The van der Waals surface area contributed by atoms with Crippen LogP contribution in [0.15, 0.2) is 39.4 Å². The van der Waals surface area contributed by atoms with Gasteiger partial charge in [-0.25, -0.2) is 19.6 Å². The molecular weight excluding hydrogens is 630 g/mol. The van der Waals surface area contributed by atoms with Gasteiger partial charge in [-0.05, 0) is 47.6 Å². The molecule has 15 heteroatoms. The fraction of sp³-hybridized carbons (Fsp3) is 0.333. The molecule has 15 nitrogen and oxygen atoms in total. The van der Waals surface area contributed by atoms with Crippen molar-refractivity contribution in [2.45, 2.75) is 41.5 Å². The van der Waals surface area contributed by atoms with E-state index in [9.17, 15) is 24.6 Å². The summed E-state index contributed by atoms with van der Waals surface area (Å²) in [4.78, 5) is 46.5. The summed E-state index contributed by atoms with van der Waals surface area (Å²) in [6.07, 6.45) is 2.93. The molecule has 6 rings (SSSR count). The van der Waals surface area contributed by atoms with E-state index in [0.717, 1.165) is 5.69 Å². The van der Waals surface area contributed by atoms with Crippen molar-refractivity contribution in [1.29, 1.82) is 0 Å². The first kappa shape index (κ1) is 35.0. The second-order valence-corrected chi connectivity index (χ2v) is 9.83. The maximum atomic E-state index is 11.6. The molecule has 0 saturated carbocycles. The van der Waals surface area contributed by atoms with Crippen LogP contribution in [-0.4, -0.2) is 75.9 Å². The molecule has 0 saturated heterocycles. The van der Waals surface area contributed by atoms with Gasteiger partial charge in [-0.15, -0.1) is 0 Å². The lowest BCUT2D eigenvalue weighted by Crippen LogP contribution is -2.03. The number of aromatic hydroxyl groups is 2. The number of fused-ring (bicyclic) bond motifs is 3. The van der Waals surface area contributed by atoms with Crippen molar-refractivity contribution in [3.05, 3.63) is 59.1 Å². The molecule has 6 heterocycles.